The standard InChI is InChI=1S/C14H13FN2O/c1-9-6-13-16-12(7-14(18)17(13)8-9)10-2-4-11(15)5-3-10/h2-5,7,9H,6,8H2,1H3. The van der Waals surface area contributed by atoms with Crippen LogP contribution in [0.3, 0.4) is 0 Å². The first kappa shape index (κ1) is 11.1. The largest absolute Gasteiger partial charge is 0.296 e. The Bertz CT molecular complexity index is 646. The van der Waals surface area contributed by atoms with Crippen LogP contribution in [0.5, 0.6) is 0 Å². The van der Waals surface area contributed by atoms with Crippen molar-refractivity contribution in [3.63, 3.8) is 0 Å². The zero-order valence-electron chi connectivity index (χ0n) is 10.1. The summed E-state index contributed by atoms with van der Waals surface area (Å²) < 4.78 is 14.6. The molecule has 0 N–H and O–H groups in total. The zero-order valence-corrected chi connectivity index (χ0v) is 10.1. The van der Waals surface area contributed by atoms with Crippen molar-refractivity contribution in [3.8, 4) is 11.3 Å². The summed E-state index contributed by atoms with van der Waals surface area (Å²) in [6.45, 7) is 2.84. The first-order valence-electron chi connectivity index (χ1n) is 6.00. The van der Waals surface area contributed by atoms with E-state index in [1.165, 1.54) is 18.2 Å². The maximum atomic E-state index is 12.9. The van der Waals surface area contributed by atoms with Crippen LogP contribution in [0, 0.1) is 11.7 Å². The molecule has 0 saturated carbocycles. The zero-order chi connectivity index (χ0) is 12.7. The van der Waals surface area contributed by atoms with Gasteiger partial charge in [-0.1, -0.05) is 6.92 Å². The number of nitrogens with zero attached hydrogens (tertiary/aromatic N) is 2. The fourth-order valence-electron chi connectivity index (χ4n) is 2.36. The lowest BCUT2D eigenvalue weighted by molar-refractivity contribution is 0.557. The Morgan fingerprint density at radius 1 is 1.33 bits per heavy atom. The van der Waals surface area contributed by atoms with Gasteiger partial charge in [0.05, 0.1) is 5.69 Å². The normalized spacial score (nSPS) is 17.8. The molecule has 0 aliphatic carbocycles. The van der Waals surface area contributed by atoms with Crippen molar-refractivity contribution in [2.45, 2.75) is 19.9 Å². The maximum Gasteiger partial charge on any atom is 0.254 e. The third-order valence-electron chi connectivity index (χ3n) is 3.25. The topological polar surface area (TPSA) is 34.9 Å². The van der Waals surface area contributed by atoms with E-state index in [4.69, 9.17) is 0 Å². The van der Waals surface area contributed by atoms with Crippen LogP contribution in [0.25, 0.3) is 11.3 Å². The van der Waals surface area contributed by atoms with Crippen LogP contribution in [0.1, 0.15) is 12.7 Å². The number of fused-ring (bicyclic) bond motifs is 1. The van der Waals surface area contributed by atoms with Gasteiger partial charge in [-0.15, -0.1) is 0 Å². The van der Waals surface area contributed by atoms with Gasteiger partial charge in [-0.05, 0) is 30.2 Å². The summed E-state index contributed by atoms with van der Waals surface area (Å²) in [5, 5.41) is 0. The third kappa shape index (κ3) is 1.83. The van der Waals surface area contributed by atoms with E-state index < -0.39 is 0 Å². The highest BCUT2D eigenvalue weighted by Crippen LogP contribution is 2.21. The maximum absolute atomic E-state index is 12.9. The molecule has 1 unspecified atom stereocenters. The van der Waals surface area contributed by atoms with E-state index in [1.54, 1.807) is 16.7 Å². The summed E-state index contributed by atoms with van der Waals surface area (Å²) in [6.07, 6.45) is 0.824. The molecule has 92 valence electrons. The highest BCUT2D eigenvalue weighted by molar-refractivity contribution is 5.58. The van der Waals surface area contributed by atoms with Crippen LogP contribution >= 0.6 is 0 Å². The quantitative estimate of drug-likeness (QED) is 0.771. The van der Waals surface area contributed by atoms with Gasteiger partial charge in [0.25, 0.3) is 5.56 Å². The van der Waals surface area contributed by atoms with E-state index >= 15 is 0 Å². The number of aromatic nitrogens is 2. The molecule has 0 spiro atoms. The van der Waals surface area contributed by atoms with Gasteiger partial charge in [0.2, 0.25) is 0 Å². The van der Waals surface area contributed by atoms with E-state index in [0.717, 1.165) is 24.4 Å². The summed E-state index contributed by atoms with van der Waals surface area (Å²) in [5.41, 5.74) is 1.38. The van der Waals surface area contributed by atoms with Gasteiger partial charge >= 0.3 is 0 Å². The van der Waals surface area contributed by atoms with E-state index in [-0.39, 0.29) is 11.4 Å². The van der Waals surface area contributed by atoms with Crippen molar-refractivity contribution in [3.05, 3.63) is 52.3 Å². The van der Waals surface area contributed by atoms with Crippen LogP contribution in [0.4, 0.5) is 4.39 Å². The predicted octanol–water partition coefficient (Wildman–Crippen LogP) is 2.24. The molecule has 3 rings (SSSR count). The van der Waals surface area contributed by atoms with Crippen molar-refractivity contribution >= 4 is 0 Å². The lowest BCUT2D eigenvalue weighted by atomic mass is 10.1. The molecule has 1 aliphatic rings. The Morgan fingerprint density at radius 2 is 2.06 bits per heavy atom. The minimum atomic E-state index is -0.287. The molecule has 0 saturated heterocycles. The average molecular weight is 244 g/mol. The highest BCUT2D eigenvalue weighted by Gasteiger charge is 2.20. The van der Waals surface area contributed by atoms with E-state index in [1.807, 2.05) is 0 Å². The molecule has 18 heavy (non-hydrogen) atoms. The average Bonchev–Trinajstić information content (AvgIpc) is 2.71. The van der Waals surface area contributed by atoms with Crippen LogP contribution in [-0.2, 0) is 13.0 Å². The Kier molecular flexibility index (Phi) is 2.51. The Morgan fingerprint density at radius 3 is 2.78 bits per heavy atom. The molecule has 0 amide bonds. The number of hydrogen-bond acceptors (Lipinski definition) is 2. The first-order chi connectivity index (χ1) is 8.63. The minimum absolute atomic E-state index is 0.0244. The third-order valence-corrected chi connectivity index (χ3v) is 3.25. The summed E-state index contributed by atoms with van der Waals surface area (Å²) in [6, 6.07) is 7.57. The number of rotatable bonds is 1. The monoisotopic (exact) mass is 244 g/mol. The first-order valence-corrected chi connectivity index (χ1v) is 6.00. The minimum Gasteiger partial charge on any atom is -0.296 e. The van der Waals surface area contributed by atoms with Gasteiger partial charge in [-0.2, -0.15) is 0 Å². The van der Waals surface area contributed by atoms with E-state index in [2.05, 4.69) is 11.9 Å². The van der Waals surface area contributed by atoms with Crippen molar-refractivity contribution in [2.24, 2.45) is 5.92 Å². The van der Waals surface area contributed by atoms with Gasteiger partial charge in [-0.3, -0.25) is 9.36 Å². The second-order valence-electron chi connectivity index (χ2n) is 4.82. The molecule has 2 heterocycles. The molecule has 3 nitrogen and oxygen atoms in total. The van der Waals surface area contributed by atoms with Crippen LogP contribution in [0.2, 0.25) is 0 Å². The molecule has 1 aliphatic heterocycles. The van der Waals surface area contributed by atoms with Gasteiger partial charge in [0, 0.05) is 24.6 Å². The summed E-state index contributed by atoms with van der Waals surface area (Å²) in [7, 11) is 0. The van der Waals surface area contributed by atoms with Gasteiger partial charge in [0.1, 0.15) is 11.6 Å². The second-order valence-corrected chi connectivity index (χ2v) is 4.82. The molecule has 0 fully saturated rings. The SMILES string of the molecule is CC1Cc2nc(-c3ccc(F)cc3)cc(=O)n2C1. The number of hydrogen-bond donors (Lipinski definition) is 0. The molecular formula is C14H13FN2O. The fraction of sp³-hybridized carbons (Fsp3) is 0.286. The van der Waals surface area contributed by atoms with Crippen molar-refractivity contribution in [1.29, 1.82) is 0 Å². The Hall–Kier alpha value is -1.97. The molecular weight excluding hydrogens is 231 g/mol. The highest BCUT2D eigenvalue weighted by atomic mass is 19.1. The molecule has 1 aromatic heterocycles. The summed E-state index contributed by atoms with van der Waals surface area (Å²) >= 11 is 0. The van der Waals surface area contributed by atoms with E-state index in [0.29, 0.717) is 11.6 Å². The fourth-order valence-corrected chi connectivity index (χ4v) is 2.36. The molecule has 0 radical (unpaired) electrons. The van der Waals surface area contributed by atoms with Crippen LogP contribution in [0.15, 0.2) is 35.1 Å². The van der Waals surface area contributed by atoms with Crippen LogP contribution in [-0.4, -0.2) is 9.55 Å². The smallest absolute Gasteiger partial charge is 0.254 e. The summed E-state index contributed by atoms with van der Waals surface area (Å²) in [4.78, 5) is 16.5. The number of halogens is 1. The predicted molar refractivity (Wildman–Crippen MR) is 66.8 cm³/mol. The van der Waals surface area contributed by atoms with Gasteiger partial charge in [0.15, 0.2) is 0 Å². The van der Waals surface area contributed by atoms with Crippen molar-refractivity contribution in [1.82, 2.24) is 9.55 Å². The van der Waals surface area contributed by atoms with Gasteiger partial charge < -0.3 is 0 Å². The molecule has 1 aromatic carbocycles. The van der Waals surface area contributed by atoms with Crippen molar-refractivity contribution in [2.75, 3.05) is 0 Å². The summed E-state index contributed by atoms with van der Waals surface area (Å²) in [5.74, 6) is 0.994. The molecule has 0 bridgehead atoms. The lowest BCUT2D eigenvalue weighted by Gasteiger charge is -2.05. The van der Waals surface area contributed by atoms with Crippen LogP contribution < -0.4 is 5.56 Å². The molecule has 1 atom stereocenters. The molecule has 2 aromatic rings. The second kappa shape index (κ2) is 4.05. The lowest BCUT2D eigenvalue weighted by Crippen LogP contribution is -2.20. The number of benzene rings is 1. The van der Waals surface area contributed by atoms with Gasteiger partial charge in [-0.25, -0.2) is 9.37 Å². The van der Waals surface area contributed by atoms with E-state index in [9.17, 15) is 9.18 Å². The molecule has 4 heteroatoms. The van der Waals surface area contributed by atoms with Crippen molar-refractivity contribution < 1.29 is 4.39 Å². The Labute approximate surface area is 104 Å². The Balaban J connectivity index is 2.10.